The monoisotopic (exact) mass is 317 g/mol. The van der Waals surface area contributed by atoms with Crippen LogP contribution in [0.5, 0.6) is 0 Å². The van der Waals surface area contributed by atoms with Crippen LogP contribution >= 0.6 is 11.8 Å². The Morgan fingerprint density at radius 2 is 1.86 bits per heavy atom. The standard InChI is InChI=1S/C16H22F3NS/c1-21-15-10-6-5-9-13(15)20-14(11-16(17,18)19)12-7-3-2-4-8-12/h2-4,7-8,13-15,20H,5-6,9-11H2,1H3. The van der Waals surface area contributed by atoms with Crippen LogP contribution in [-0.4, -0.2) is 23.7 Å². The fourth-order valence-corrected chi connectivity index (χ4v) is 3.96. The van der Waals surface area contributed by atoms with Gasteiger partial charge in [-0.15, -0.1) is 0 Å². The quantitative estimate of drug-likeness (QED) is 0.825. The first-order valence-electron chi connectivity index (χ1n) is 7.40. The molecule has 0 saturated heterocycles. The van der Waals surface area contributed by atoms with E-state index in [1.54, 1.807) is 36.0 Å². The summed E-state index contributed by atoms with van der Waals surface area (Å²) in [5.74, 6) is 0. The van der Waals surface area contributed by atoms with Gasteiger partial charge in [-0.25, -0.2) is 0 Å². The Morgan fingerprint density at radius 3 is 2.48 bits per heavy atom. The maximum absolute atomic E-state index is 12.9. The average Bonchev–Trinajstić information content (AvgIpc) is 2.47. The second-order valence-electron chi connectivity index (χ2n) is 5.61. The largest absolute Gasteiger partial charge is 0.390 e. The molecule has 0 amide bonds. The van der Waals surface area contributed by atoms with Crippen LogP contribution in [0.1, 0.15) is 43.7 Å². The first-order chi connectivity index (χ1) is 9.99. The molecule has 21 heavy (non-hydrogen) atoms. The Labute approximate surface area is 128 Å². The van der Waals surface area contributed by atoms with Crippen LogP contribution in [0.25, 0.3) is 0 Å². The lowest BCUT2D eigenvalue weighted by Crippen LogP contribution is -2.43. The molecule has 0 aliphatic heterocycles. The number of rotatable bonds is 5. The van der Waals surface area contributed by atoms with Crippen LogP contribution < -0.4 is 5.32 Å². The first-order valence-corrected chi connectivity index (χ1v) is 8.69. The van der Waals surface area contributed by atoms with Crippen molar-refractivity contribution in [2.45, 2.75) is 55.6 Å². The molecule has 1 aromatic rings. The highest BCUT2D eigenvalue weighted by Gasteiger charge is 2.35. The molecule has 1 aromatic carbocycles. The number of thioether (sulfide) groups is 1. The van der Waals surface area contributed by atoms with E-state index in [0.717, 1.165) is 24.8 Å². The van der Waals surface area contributed by atoms with Crippen LogP contribution in [0.4, 0.5) is 13.2 Å². The summed E-state index contributed by atoms with van der Waals surface area (Å²) >= 11 is 1.77. The van der Waals surface area contributed by atoms with E-state index in [-0.39, 0.29) is 6.04 Å². The molecule has 5 heteroatoms. The van der Waals surface area contributed by atoms with Crippen LogP contribution in [-0.2, 0) is 0 Å². The highest BCUT2D eigenvalue weighted by atomic mass is 32.2. The van der Waals surface area contributed by atoms with Gasteiger partial charge in [0.1, 0.15) is 0 Å². The van der Waals surface area contributed by atoms with Gasteiger partial charge >= 0.3 is 6.18 Å². The number of alkyl halides is 3. The molecule has 1 aliphatic carbocycles. The van der Waals surface area contributed by atoms with Crippen molar-refractivity contribution in [2.24, 2.45) is 0 Å². The van der Waals surface area contributed by atoms with Gasteiger partial charge in [0, 0.05) is 17.3 Å². The molecule has 3 unspecified atom stereocenters. The Kier molecular flexibility index (Phi) is 5.99. The van der Waals surface area contributed by atoms with Gasteiger partial charge in [0.25, 0.3) is 0 Å². The van der Waals surface area contributed by atoms with E-state index in [4.69, 9.17) is 0 Å². The van der Waals surface area contributed by atoms with E-state index in [9.17, 15) is 13.2 Å². The van der Waals surface area contributed by atoms with E-state index in [1.807, 2.05) is 12.3 Å². The normalized spacial score (nSPS) is 24.8. The Hall–Kier alpha value is -0.680. The molecule has 118 valence electrons. The van der Waals surface area contributed by atoms with Gasteiger partial charge in [-0.2, -0.15) is 24.9 Å². The van der Waals surface area contributed by atoms with Gasteiger partial charge in [-0.1, -0.05) is 43.2 Å². The van der Waals surface area contributed by atoms with Crippen molar-refractivity contribution in [1.82, 2.24) is 5.32 Å². The van der Waals surface area contributed by atoms with Gasteiger partial charge in [-0.05, 0) is 24.7 Å². The lowest BCUT2D eigenvalue weighted by atomic mass is 9.92. The summed E-state index contributed by atoms with van der Waals surface area (Å²) in [6, 6.07) is 8.51. The zero-order chi connectivity index (χ0) is 15.3. The number of hydrogen-bond acceptors (Lipinski definition) is 2. The molecule has 0 spiro atoms. The topological polar surface area (TPSA) is 12.0 Å². The number of halogens is 3. The van der Waals surface area contributed by atoms with E-state index in [0.29, 0.717) is 5.25 Å². The third-order valence-electron chi connectivity index (χ3n) is 4.06. The fraction of sp³-hybridized carbons (Fsp3) is 0.625. The molecule has 0 bridgehead atoms. The fourth-order valence-electron chi connectivity index (χ4n) is 3.02. The second kappa shape index (κ2) is 7.54. The molecule has 0 radical (unpaired) electrons. The third-order valence-corrected chi connectivity index (χ3v) is 5.23. The molecular weight excluding hydrogens is 295 g/mol. The molecule has 1 saturated carbocycles. The predicted octanol–water partition coefficient (Wildman–Crippen LogP) is 4.94. The summed E-state index contributed by atoms with van der Waals surface area (Å²) in [6.45, 7) is 0. The van der Waals surface area contributed by atoms with E-state index < -0.39 is 18.6 Å². The summed E-state index contributed by atoms with van der Waals surface area (Å²) in [5, 5.41) is 3.70. The first kappa shape index (κ1) is 16.7. The second-order valence-corrected chi connectivity index (χ2v) is 6.69. The minimum absolute atomic E-state index is 0.168. The van der Waals surface area contributed by atoms with Crippen molar-refractivity contribution in [3.05, 3.63) is 35.9 Å². The highest BCUT2D eigenvalue weighted by molar-refractivity contribution is 7.99. The SMILES string of the molecule is CSC1CCCCC1NC(CC(F)(F)F)c1ccccc1. The minimum Gasteiger partial charge on any atom is -0.306 e. The zero-order valence-electron chi connectivity index (χ0n) is 12.2. The maximum Gasteiger partial charge on any atom is 0.390 e. The molecule has 0 heterocycles. The molecular formula is C16H22F3NS. The van der Waals surface area contributed by atoms with Crippen LogP contribution in [0.3, 0.4) is 0 Å². The van der Waals surface area contributed by atoms with Gasteiger partial charge < -0.3 is 5.32 Å². The van der Waals surface area contributed by atoms with Crippen LogP contribution in [0.15, 0.2) is 30.3 Å². The lowest BCUT2D eigenvalue weighted by Gasteiger charge is -2.35. The Morgan fingerprint density at radius 1 is 1.19 bits per heavy atom. The van der Waals surface area contributed by atoms with Crippen LogP contribution in [0.2, 0.25) is 0 Å². The van der Waals surface area contributed by atoms with Crippen molar-refractivity contribution in [1.29, 1.82) is 0 Å². The summed E-state index contributed by atoms with van der Waals surface area (Å²) in [7, 11) is 0. The van der Waals surface area contributed by atoms with E-state index >= 15 is 0 Å². The van der Waals surface area contributed by atoms with Gasteiger partial charge in [-0.3, -0.25) is 0 Å². The van der Waals surface area contributed by atoms with Crippen molar-refractivity contribution in [3.63, 3.8) is 0 Å². The number of benzene rings is 1. The van der Waals surface area contributed by atoms with Crippen LogP contribution in [0, 0.1) is 0 Å². The summed E-state index contributed by atoms with van der Waals surface area (Å²) < 4.78 is 38.6. The smallest absolute Gasteiger partial charge is 0.306 e. The predicted molar refractivity (Wildman–Crippen MR) is 82.5 cm³/mol. The molecule has 1 nitrogen and oxygen atoms in total. The average molecular weight is 317 g/mol. The van der Waals surface area contributed by atoms with Crippen molar-refractivity contribution in [2.75, 3.05) is 6.26 Å². The van der Waals surface area contributed by atoms with E-state index in [2.05, 4.69) is 5.32 Å². The molecule has 1 N–H and O–H groups in total. The van der Waals surface area contributed by atoms with Crippen molar-refractivity contribution < 1.29 is 13.2 Å². The maximum atomic E-state index is 12.9. The molecule has 2 rings (SSSR count). The molecule has 1 fully saturated rings. The van der Waals surface area contributed by atoms with Gasteiger partial charge in [0.15, 0.2) is 0 Å². The summed E-state index contributed by atoms with van der Waals surface area (Å²) in [5.41, 5.74) is 0.722. The number of hydrogen-bond donors (Lipinski definition) is 1. The Balaban J connectivity index is 2.11. The van der Waals surface area contributed by atoms with Gasteiger partial charge in [0.05, 0.1) is 6.42 Å². The van der Waals surface area contributed by atoms with Crippen molar-refractivity contribution >= 4 is 11.8 Å². The molecule has 0 aromatic heterocycles. The minimum atomic E-state index is -4.16. The summed E-state index contributed by atoms with van der Waals surface area (Å²) in [4.78, 5) is 0. The lowest BCUT2D eigenvalue weighted by molar-refractivity contribution is -0.141. The molecule has 1 aliphatic rings. The zero-order valence-corrected chi connectivity index (χ0v) is 13.0. The van der Waals surface area contributed by atoms with E-state index in [1.165, 1.54) is 6.42 Å². The number of nitrogens with one attached hydrogen (secondary N) is 1. The van der Waals surface area contributed by atoms with Gasteiger partial charge in [0.2, 0.25) is 0 Å². The highest BCUT2D eigenvalue weighted by Crippen LogP contribution is 2.33. The Bertz CT molecular complexity index is 421. The molecule has 3 atom stereocenters. The third kappa shape index (κ3) is 5.22. The summed E-state index contributed by atoms with van der Waals surface area (Å²) in [6.07, 6.45) is 1.41. The van der Waals surface area contributed by atoms with Crippen molar-refractivity contribution in [3.8, 4) is 0 Å².